The Morgan fingerprint density at radius 1 is 0.690 bits per heavy atom. The van der Waals surface area contributed by atoms with Gasteiger partial charge in [0, 0.05) is 48.3 Å². The van der Waals surface area contributed by atoms with Gasteiger partial charge in [-0.1, -0.05) is 44.2 Å². The number of nitrogens with zero attached hydrogens (tertiary/aromatic N) is 3. The van der Waals surface area contributed by atoms with Gasteiger partial charge in [0.25, 0.3) is 0 Å². The summed E-state index contributed by atoms with van der Waals surface area (Å²) in [5, 5.41) is 0. The molecule has 0 saturated carbocycles. The highest BCUT2D eigenvalue weighted by molar-refractivity contribution is 5.56. The number of benzene rings is 1. The fourth-order valence-corrected chi connectivity index (χ4v) is 3.60. The Hall–Kier alpha value is -3.15. The minimum atomic E-state index is 0.700. The summed E-state index contributed by atoms with van der Waals surface area (Å²) in [5.74, 6) is 2.94. The molecule has 6 nitrogen and oxygen atoms in total. The lowest BCUT2D eigenvalue weighted by Crippen LogP contribution is -2.00. The maximum Gasteiger partial charge on any atom is 0.137 e. The molecule has 0 amide bonds. The van der Waals surface area contributed by atoms with Gasteiger partial charge in [-0.05, 0) is 13.8 Å². The number of nitrogens with one attached hydrogen (secondary N) is 3. The van der Waals surface area contributed by atoms with Crippen LogP contribution in [0.15, 0.2) is 30.3 Å². The number of hydrogen-bond donors (Lipinski definition) is 3. The molecule has 0 aliphatic heterocycles. The molecule has 3 aromatic heterocycles. The van der Waals surface area contributed by atoms with Crippen molar-refractivity contribution < 1.29 is 0 Å². The second-order valence-corrected chi connectivity index (χ2v) is 7.45. The standard InChI is InChI=1S/C23H28N6/c1-5-21-24-14(3)17(26-21)12-19-20(13-18-15(4)25-22(6-2)27-18)29-23(28-19)16-10-8-7-9-11-16/h7-11H,5-6,12-13H2,1-4H3,(H,24,26)(H,25,27)(H,28,29). The molecule has 150 valence electrons. The van der Waals surface area contributed by atoms with Gasteiger partial charge in [-0.2, -0.15) is 0 Å². The van der Waals surface area contributed by atoms with Crippen LogP contribution in [0, 0.1) is 13.8 Å². The monoisotopic (exact) mass is 388 g/mol. The lowest BCUT2D eigenvalue weighted by atomic mass is 10.1. The predicted octanol–water partition coefficient (Wildman–Crippen LogP) is 4.45. The normalized spacial score (nSPS) is 11.3. The molecule has 0 atom stereocenters. The lowest BCUT2D eigenvalue weighted by Gasteiger charge is -2.01. The van der Waals surface area contributed by atoms with E-state index in [1.54, 1.807) is 0 Å². The summed E-state index contributed by atoms with van der Waals surface area (Å²) in [5.41, 5.74) is 7.57. The second kappa shape index (κ2) is 8.07. The first kappa shape index (κ1) is 19.2. The number of imidazole rings is 3. The third-order valence-corrected chi connectivity index (χ3v) is 5.33. The van der Waals surface area contributed by atoms with E-state index in [0.29, 0.717) is 6.42 Å². The van der Waals surface area contributed by atoms with Crippen LogP contribution in [-0.4, -0.2) is 29.9 Å². The first-order valence-corrected chi connectivity index (χ1v) is 10.3. The molecular formula is C23H28N6. The van der Waals surface area contributed by atoms with Crippen LogP contribution in [0.3, 0.4) is 0 Å². The zero-order valence-electron chi connectivity index (χ0n) is 17.6. The predicted molar refractivity (Wildman–Crippen MR) is 115 cm³/mol. The van der Waals surface area contributed by atoms with Crippen molar-refractivity contribution in [2.75, 3.05) is 0 Å². The van der Waals surface area contributed by atoms with Gasteiger partial charge in [0.05, 0.1) is 17.1 Å². The zero-order valence-corrected chi connectivity index (χ0v) is 17.6. The van der Waals surface area contributed by atoms with Crippen LogP contribution in [0.25, 0.3) is 11.4 Å². The van der Waals surface area contributed by atoms with Crippen LogP contribution in [0.1, 0.15) is 59.7 Å². The van der Waals surface area contributed by atoms with E-state index in [-0.39, 0.29) is 0 Å². The molecule has 0 radical (unpaired) electrons. The molecule has 3 N–H and O–H groups in total. The number of aryl methyl sites for hydroxylation is 4. The van der Waals surface area contributed by atoms with Gasteiger partial charge in [0.15, 0.2) is 0 Å². The number of hydrogen-bond acceptors (Lipinski definition) is 3. The highest BCUT2D eigenvalue weighted by Crippen LogP contribution is 2.23. The molecule has 3 heterocycles. The third-order valence-electron chi connectivity index (χ3n) is 5.33. The molecule has 0 fully saturated rings. The first-order valence-electron chi connectivity index (χ1n) is 10.3. The van der Waals surface area contributed by atoms with Crippen molar-refractivity contribution >= 4 is 0 Å². The topological polar surface area (TPSA) is 86.0 Å². The molecule has 0 aliphatic rings. The van der Waals surface area contributed by atoms with Gasteiger partial charge in [0.1, 0.15) is 17.5 Å². The summed E-state index contributed by atoms with van der Waals surface area (Å²) in [6.07, 6.45) is 3.22. The van der Waals surface area contributed by atoms with E-state index < -0.39 is 0 Å². The molecule has 4 aromatic rings. The van der Waals surface area contributed by atoms with E-state index in [4.69, 9.17) is 15.0 Å². The average molecular weight is 389 g/mol. The Morgan fingerprint density at radius 3 is 1.83 bits per heavy atom. The Balaban J connectivity index is 1.72. The maximum absolute atomic E-state index is 4.96. The molecule has 6 heteroatoms. The largest absolute Gasteiger partial charge is 0.346 e. The number of rotatable bonds is 7. The van der Waals surface area contributed by atoms with Gasteiger partial charge < -0.3 is 15.0 Å². The zero-order chi connectivity index (χ0) is 20.4. The van der Waals surface area contributed by atoms with Gasteiger partial charge in [-0.15, -0.1) is 0 Å². The average Bonchev–Trinajstić information content (AvgIpc) is 3.41. The fourth-order valence-electron chi connectivity index (χ4n) is 3.60. The molecule has 0 aliphatic carbocycles. The Kier molecular flexibility index (Phi) is 5.34. The fraction of sp³-hybridized carbons (Fsp3) is 0.348. The molecule has 4 rings (SSSR count). The molecule has 0 spiro atoms. The highest BCUT2D eigenvalue weighted by Gasteiger charge is 2.17. The van der Waals surface area contributed by atoms with Crippen molar-refractivity contribution in [3.8, 4) is 11.4 Å². The van der Waals surface area contributed by atoms with Crippen LogP contribution in [0.4, 0.5) is 0 Å². The van der Waals surface area contributed by atoms with Gasteiger partial charge >= 0.3 is 0 Å². The Morgan fingerprint density at radius 2 is 1.28 bits per heavy atom. The van der Waals surface area contributed by atoms with E-state index in [1.165, 1.54) is 0 Å². The van der Waals surface area contributed by atoms with Crippen molar-refractivity contribution in [3.05, 3.63) is 76.1 Å². The van der Waals surface area contributed by atoms with Crippen LogP contribution in [0.2, 0.25) is 0 Å². The highest BCUT2D eigenvalue weighted by atomic mass is 15.0. The Bertz CT molecular complexity index is 1030. The van der Waals surface area contributed by atoms with Crippen molar-refractivity contribution in [1.82, 2.24) is 29.9 Å². The number of aromatic amines is 3. The van der Waals surface area contributed by atoms with Crippen LogP contribution in [-0.2, 0) is 25.7 Å². The summed E-state index contributed by atoms with van der Waals surface area (Å²) < 4.78 is 0. The second-order valence-electron chi connectivity index (χ2n) is 7.45. The van der Waals surface area contributed by atoms with Crippen molar-refractivity contribution in [1.29, 1.82) is 0 Å². The van der Waals surface area contributed by atoms with Crippen LogP contribution < -0.4 is 0 Å². The smallest absolute Gasteiger partial charge is 0.137 e. The van der Waals surface area contributed by atoms with Crippen molar-refractivity contribution in [2.24, 2.45) is 0 Å². The van der Waals surface area contributed by atoms with E-state index >= 15 is 0 Å². The van der Waals surface area contributed by atoms with E-state index in [1.807, 2.05) is 18.2 Å². The van der Waals surface area contributed by atoms with E-state index in [2.05, 4.69) is 54.8 Å². The van der Waals surface area contributed by atoms with E-state index in [9.17, 15) is 0 Å². The quantitative estimate of drug-likeness (QED) is 0.437. The summed E-state index contributed by atoms with van der Waals surface area (Å²) in [7, 11) is 0. The maximum atomic E-state index is 4.96. The van der Waals surface area contributed by atoms with E-state index in [0.717, 1.165) is 76.5 Å². The van der Waals surface area contributed by atoms with Gasteiger partial charge in [-0.25, -0.2) is 15.0 Å². The molecule has 0 bridgehead atoms. The summed E-state index contributed by atoms with van der Waals surface area (Å²) in [6.45, 7) is 8.39. The molecule has 29 heavy (non-hydrogen) atoms. The Labute approximate surface area is 171 Å². The van der Waals surface area contributed by atoms with Gasteiger partial charge in [0.2, 0.25) is 0 Å². The number of H-pyrrole nitrogens is 3. The lowest BCUT2D eigenvalue weighted by molar-refractivity contribution is 0.938. The third kappa shape index (κ3) is 4.01. The summed E-state index contributed by atoms with van der Waals surface area (Å²) >= 11 is 0. The molecule has 0 saturated heterocycles. The van der Waals surface area contributed by atoms with Crippen molar-refractivity contribution in [2.45, 2.75) is 53.4 Å². The minimum absolute atomic E-state index is 0.700. The summed E-state index contributed by atoms with van der Waals surface area (Å²) in [6, 6.07) is 10.3. The van der Waals surface area contributed by atoms with Crippen LogP contribution >= 0.6 is 0 Å². The molecule has 1 aromatic carbocycles. The van der Waals surface area contributed by atoms with Crippen molar-refractivity contribution in [3.63, 3.8) is 0 Å². The first-order chi connectivity index (χ1) is 14.1. The summed E-state index contributed by atoms with van der Waals surface area (Å²) in [4.78, 5) is 24.8. The number of aromatic nitrogens is 6. The SMILES string of the molecule is CCc1nc(Cc2nc(-c3ccccc3)[nH]c2Cc2nc(CC)[nH]c2C)c(C)[nH]1. The molecule has 0 unspecified atom stereocenters. The molecular weight excluding hydrogens is 360 g/mol. The van der Waals surface area contributed by atoms with Crippen LogP contribution in [0.5, 0.6) is 0 Å². The minimum Gasteiger partial charge on any atom is -0.346 e. The van der Waals surface area contributed by atoms with Gasteiger partial charge in [-0.3, -0.25) is 0 Å².